The van der Waals surface area contributed by atoms with Gasteiger partial charge in [-0.2, -0.15) is 4.98 Å². The first-order chi connectivity index (χ1) is 12.6. The molecule has 1 aromatic heterocycles. The van der Waals surface area contributed by atoms with Gasteiger partial charge in [0.2, 0.25) is 5.88 Å². The number of hydrogen-bond donors (Lipinski definition) is 1. The van der Waals surface area contributed by atoms with E-state index in [2.05, 4.69) is 27.4 Å². The van der Waals surface area contributed by atoms with Crippen LogP contribution in [0.1, 0.15) is 12.0 Å². The lowest BCUT2D eigenvalue weighted by atomic mass is 10.1. The number of aromatic nitrogens is 2. The van der Waals surface area contributed by atoms with Crippen LogP contribution in [0.25, 0.3) is 0 Å². The van der Waals surface area contributed by atoms with Gasteiger partial charge in [0.15, 0.2) is 5.82 Å². The highest BCUT2D eigenvalue weighted by molar-refractivity contribution is 5.74. The Morgan fingerprint density at radius 3 is 2.88 bits per heavy atom. The van der Waals surface area contributed by atoms with Gasteiger partial charge in [0, 0.05) is 33.6 Å². The molecule has 1 aliphatic heterocycles. The molecule has 1 atom stereocenters. The Morgan fingerprint density at radius 2 is 2.12 bits per heavy atom. The third-order valence-electron chi connectivity index (χ3n) is 4.31. The summed E-state index contributed by atoms with van der Waals surface area (Å²) in [5, 5.41) is 2.98. The molecule has 0 spiro atoms. The largest absolute Gasteiger partial charge is 0.471 e. The van der Waals surface area contributed by atoms with Crippen LogP contribution in [0.4, 0.5) is 10.6 Å². The molecule has 1 fully saturated rings. The molecule has 1 saturated heterocycles. The van der Waals surface area contributed by atoms with Crippen molar-refractivity contribution in [3.63, 3.8) is 0 Å². The minimum Gasteiger partial charge on any atom is -0.471 e. The predicted molar refractivity (Wildman–Crippen MR) is 101 cm³/mol. The number of ether oxygens (including phenoxy) is 1. The molecule has 0 saturated carbocycles. The number of anilines is 1. The highest BCUT2D eigenvalue weighted by atomic mass is 16.5. The Kier molecular flexibility index (Phi) is 5.88. The lowest BCUT2D eigenvalue weighted by molar-refractivity contribution is 0.183. The number of carbonyl (C=O) groups is 1. The maximum absolute atomic E-state index is 12.3. The van der Waals surface area contributed by atoms with E-state index in [1.807, 2.05) is 37.2 Å². The van der Waals surface area contributed by atoms with Gasteiger partial charge in [0.1, 0.15) is 6.10 Å². The number of hydrogen-bond acceptors (Lipinski definition) is 5. The third-order valence-corrected chi connectivity index (χ3v) is 4.31. The van der Waals surface area contributed by atoms with Gasteiger partial charge in [-0.3, -0.25) is 4.98 Å². The number of nitrogens with zero attached hydrogens (tertiary/aromatic N) is 4. The van der Waals surface area contributed by atoms with Crippen molar-refractivity contribution in [2.45, 2.75) is 18.9 Å². The number of rotatable bonds is 6. The molecule has 7 heteroatoms. The first-order valence-corrected chi connectivity index (χ1v) is 8.84. The van der Waals surface area contributed by atoms with Gasteiger partial charge in [0.05, 0.1) is 18.9 Å². The standard InChI is InChI=1S/C19H25N5O2/c1-23(2)17-12-20-13-18(22-17)26-16-9-11-24(14-16)19(25)21-10-8-15-6-4-3-5-7-15/h3-7,12-13,16H,8-11,14H2,1-2H3,(H,21,25). The third kappa shape index (κ3) is 4.84. The quantitative estimate of drug-likeness (QED) is 0.858. The SMILES string of the molecule is CN(C)c1cncc(OC2CCN(C(=O)NCCc3ccccc3)C2)n1. The van der Waals surface area contributed by atoms with E-state index in [0.717, 1.165) is 18.7 Å². The molecule has 1 aromatic carbocycles. The average Bonchev–Trinajstić information content (AvgIpc) is 3.11. The molecule has 26 heavy (non-hydrogen) atoms. The molecule has 1 aliphatic rings. The van der Waals surface area contributed by atoms with Gasteiger partial charge < -0.3 is 19.9 Å². The molecule has 3 rings (SSSR count). The fourth-order valence-electron chi connectivity index (χ4n) is 2.86. The second-order valence-electron chi connectivity index (χ2n) is 6.55. The Balaban J connectivity index is 1.44. The Hall–Kier alpha value is -2.83. The molecule has 0 bridgehead atoms. The van der Waals surface area contributed by atoms with Gasteiger partial charge in [-0.15, -0.1) is 0 Å². The molecule has 2 aromatic rings. The smallest absolute Gasteiger partial charge is 0.317 e. The zero-order chi connectivity index (χ0) is 18.4. The highest BCUT2D eigenvalue weighted by Gasteiger charge is 2.27. The van der Waals surface area contributed by atoms with Crippen molar-refractivity contribution >= 4 is 11.8 Å². The van der Waals surface area contributed by atoms with E-state index < -0.39 is 0 Å². The molecule has 0 aliphatic carbocycles. The van der Waals surface area contributed by atoms with Crippen LogP contribution >= 0.6 is 0 Å². The van der Waals surface area contributed by atoms with Crippen LogP contribution < -0.4 is 15.0 Å². The summed E-state index contributed by atoms with van der Waals surface area (Å²) in [4.78, 5) is 24.5. The number of urea groups is 1. The second-order valence-corrected chi connectivity index (χ2v) is 6.55. The molecule has 2 amide bonds. The lowest BCUT2D eigenvalue weighted by Gasteiger charge is -2.18. The normalized spacial score (nSPS) is 16.4. The summed E-state index contributed by atoms with van der Waals surface area (Å²) in [7, 11) is 3.82. The predicted octanol–water partition coefficient (Wildman–Crippen LogP) is 1.95. The summed E-state index contributed by atoms with van der Waals surface area (Å²) in [6.45, 7) is 1.87. The van der Waals surface area contributed by atoms with E-state index in [1.165, 1.54) is 5.56 Å². The fraction of sp³-hybridized carbons (Fsp3) is 0.421. The van der Waals surface area contributed by atoms with Crippen LogP contribution in [-0.4, -0.2) is 60.7 Å². The van der Waals surface area contributed by atoms with Gasteiger partial charge >= 0.3 is 6.03 Å². The van der Waals surface area contributed by atoms with Crippen molar-refractivity contribution in [3.05, 3.63) is 48.3 Å². The van der Waals surface area contributed by atoms with Crippen molar-refractivity contribution in [3.8, 4) is 5.88 Å². The Bertz CT molecular complexity index is 723. The molecule has 2 heterocycles. The van der Waals surface area contributed by atoms with E-state index in [0.29, 0.717) is 25.5 Å². The van der Waals surface area contributed by atoms with Gasteiger partial charge in [0.25, 0.3) is 0 Å². The topological polar surface area (TPSA) is 70.6 Å². The molecular formula is C19H25N5O2. The van der Waals surface area contributed by atoms with Crippen LogP contribution in [0.15, 0.2) is 42.7 Å². The second kappa shape index (κ2) is 8.51. The minimum absolute atomic E-state index is 0.0415. The van der Waals surface area contributed by atoms with Crippen LogP contribution in [0.3, 0.4) is 0 Å². The maximum Gasteiger partial charge on any atom is 0.317 e. The number of likely N-dealkylation sites (tertiary alicyclic amines) is 1. The summed E-state index contributed by atoms with van der Waals surface area (Å²) in [5.41, 5.74) is 1.22. The molecule has 1 N–H and O–H groups in total. The number of nitrogens with one attached hydrogen (secondary N) is 1. The molecule has 1 unspecified atom stereocenters. The lowest BCUT2D eigenvalue weighted by Crippen LogP contribution is -2.40. The number of benzene rings is 1. The zero-order valence-electron chi connectivity index (χ0n) is 15.3. The molecule has 0 radical (unpaired) electrons. The van der Waals surface area contributed by atoms with E-state index in [-0.39, 0.29) is 12.1 Å². The van der Waals surface area contributed by atoms with E-state index >= 15 is 0 Å². The van der Waals surface area contributed by atoms with E-state index in [4.69, 9.17) is 4.74 Å². The van der Waals surface area contributed by atoms with E-state index in [9.17, 15) is 4.79 Å². The maximum atomic E-state index is 12.3. The first-order valence-electron chi connectivity index (χ1n) is 8.84. The Labute approximate surface area is 154 Å². The fourth-order valence-corrected chi connectivity index (χ4v) is 2.86. The number of carbonyl (C=O) groups excluding carboxylic acids is 1. The van der Waals surface area contributed by atoms with Gasteiger partial charge in [-0.05, 0) is 12.0 Å². The average molecular weight is 355 g/mol. The van der Waals surface area contributed by atoms with E-state index in [1.54, 1.807) is 17.3 Å². The summed E-state index contributed by atoms with van der Waals surface area (Å²) in [6.07, 6.45) is 4.86. The van der Waals surface area contributed by atoms with Gasteiger partial charge in [-0.25, -0.2) is 4.79 Å². The van der Waals surface area contributed by atoms with Crippen LogP contribution in [-0.2, 0) is 6.42 Å². The van der Waals surface area contributed by atoms with Crippen molar-refractivity contribution in [2.75, 3.05) is 38.6 Å². The Morgan fingerprint density at radius 1 is 1.31 bits per heavy atom. The monoisotopic (exact) mass is 355 g/mol. The summed E-state index contributed by atoms with van der Waals surface area (Å²) in [5.74, 6) is 1.24. The molecular weight excluding hydrogens is 330 g/mol. The first kappa shape index (κ1) is 18.0. The summed E-state index contributed by atoms with van der Waals surface area (Å²) in [6, 6.07) is 10.1. The summed E-state index contributed by atoms with van der Waals surface area (Å²) < 4.78 is 5.90. The van der Waals surface area contributed by atoms with Crippen molar-refractivity contribution < 1.29 is 9.53 Å². The van der Waals surface area contributed by atoms with Crippen LogP contribution in [0, 0.1) is 0 Å². The van der Waals surface area contributed by atoms with Crippen molar-refractivity contribution in [2.24, 2.45) is 0 Å². The number of amides is 2. The highest BCUT2D eigenvalue weighted by Crippen LogP contribution is 2.18. The van der Waals surface area contributed by atoms with Crippen molar-refractivity contribution in [1.29, 1.82) is 0 Å². The molecule has 138 valence electrons. The molecule has 7 nitrogen and oxygen atoms in total. The zero-order valence-corrected chi connectivity index (χ0v) is 15.3. The minimum atomic E-state index is -0.0541. The van der Waals surface area contributed by atoms with Crippen molar-refractivity contribution in [1.82, 2.24) is 20.2 Å². The van der Waals surface area contributed by atoms with Crippen LogP contribution in [0.2, 0.25) is 0 Å². The summed E-state index contributed by atoms with van der Waals surface area (Å²) >= 11 is 0. The van der Waals surface area contributed by atoms with Crippen LogP contribution in [0.5, 0.6) is 5.88 Å². The van der Waals surface area contributed by atoms with Gasteiger partial charge in [-0.1, -0.05) is 30.3 Å².